The third-order valence-corrected chi connectivity index (χ3v) is 5.68. The van der Waals surface area contributed by atoms with E-state index >= 15 is 0 Å². The maximum absolute atomic E-state index is 11.3. The van der Waals surface area contributed by atoms with Crippen LogP contribution in [0.25, 0.3) is 11.3 Å². The fourth-order valence-corrected chi connectivity index (χ4v) is 4.10. The number of hydrogen-bond donors (Lipinski definition) is 0. The second-order valence-electron chi connectivity index (χ2n) is 6.01. The molecular formula is C19H17Cl2N3O2S. The smallest absolute Gasteiger partial charge is 0.294 e. The molecule has 0 fully saturated rings. The highest BCUT2D eigenvalue weighted by Gasteiger charge is 2.17. The Labute approximate surface area is 170 Å². The molecule has 140 valence electrons. The minimum Gasteiger partial charge on any atom is -0.314 e. The SMILES string of the molecule is CCC(C)n1c(-c2cc(Cl)ccc2Cl)csc1=Nc1ccccc1[N+](=O)[O-]. The van der Waals surface area contributed by atoms with Crippen LogP contribution in [0.5, 0.6) is 0 Å². The molecule has 3 aromatic rings. The molecule has 0 saturated heterocycles. The quantitative estimate of drug-likeness (QED) is 0.342. The van der Waals surface area contributed by atoms with Crippen LogP contribution in [-0.2, 0) is 0 Å². The van der Waals surface area contributed by atoms with Crippen molar-refractivity contribution in [2.75, 3.05) is 0 Å². The van der Waals surface area contributed by atoms with Gasteiger partial charge in [0.15, 0.2) is 4.80 Å². The Morgan fingerprint density at radius 3 is 2.70 bits per heavy atom. The maximum Gasteiger partial charge on any atom is 0.294 e. The third-order valence-electron chi connectivity index (χ3n) is 4.27. The first-order valence-electron chi connectivity index (χ1n) is 8.36. The summed E-state index contributed by atoms with van der Waals surface area (Å²) in [4.78, 5) is 16.1. The molecule has 0 spiro atoms. The van der Waals surface area contributed by atoms with E-state index < -0.39 is 4.92 Å². The molecule has 0 N–H and O–H groups in total. The number of nitro benzene ring substituents is 1. The zero-order valence-electron chi connectivity index (χ0n) is 14.7. The van der Waals surface area contributed by atoms with Gasteiger partial charge in [-0.1, -0.05) is 42.3 Å². The van der Waals surface area contributed by atoms with E-state index in [1.165, 1.54) is 17.4 Å². The van der Waals surface area contributed by atoms with Crippen molar-refractivity contribution in [2.45, 2.75) is 26.3 Å². The number of benzene rings is 2. The van der Waals surface area contributed by atoms with Crippen LogP contribution >= 0.6 is 34.5 Å². The predicted octanol–water partition coefficient (Wildman–Crippen LogP) is 6.64. The molecule has 0 aliphatic heterocycles. The van der Waals surface area contributed by atoms with Crippen LogP contribution in [-0.4, -0.2) is 9.49 Å². The summed E-state index contributed by atoms with van der Waals surface area (Å²) in [6.45, 7) is 4.15. The highest BCUT2D eigenvalue weighted by molar-refractivity contribution is 7.07. The Balaban J connectivity index is 2.26. The van der Waals surface area contributed by atoms with Crippen LogP contribution in [0.3, 0.4) is 0 Å². The van der Waals surface area contributed by atoms with Gasteiger partial charge in [0.2, 0.25) is 0 Å². The van der Waals surface area contributed by atoms with E-state index in [2.05, 4.69) is 23.4 Å². The normalized spacial score (nSPS) is 13.0. The van der Waals surface area contributed by atoms with E-state index in [1.54, 1.807) is 30.3 Å². The van der Waals surface area contributed by atoms with Crippen molar-refractivity contribution in [3.63, 3.8) is 0 Å². The number of thiazole rings is 1. The van der Waals surface area contributed by atoms with Gasteiger partial charge in [-0.3, -0.25) is 10.1 Å². The molecule has 0 saturated carbocycles. The summed E-state index contributed by atoms with van der Waals surface area (Å²) in [5.74, 6) is 0. The van der Waals surface area contributed by atoms with E-state index in [-0.39, 0.29) is 11.7 Å². The highest BCUT2D eigenvalue weighted by Crippen LogP contribution is 2.33. The topological polar surface area (TPSA) is 60.4 Å². The van der Waals surface area contributed by atoms with Crippen molar-refractivity contribution in [3.8, 4) is 11.3 Å². The number of hydrogen-bond acceptors (Lipinski definition) is 4. The van der Waals surface area contributed by atoms with Crippen molar-refractivity contribution in [3.05, 3.63) is 72.8 Å². The first-order valence-corrected chi connectivity index (χ1v) is 9.99. The van der Waals surface area contributed by atoms with Gasteiger partial charge in [-0.2, -0.15) is 0 Å². The Hall–Kier alpha value is -2.15. The molecule has 1 unspecified atom stereocenters. The Kier molecular flexibility index (Phi) is 5.99. The van der Waals surface area contributed by atoms with Crippen molar-refractivity contribution in [1.82, 2.24) is 4.57 Å². The molecular weight excluding hydrogens is 405 g/mol. The van der Waals surface area contributed by atoms with E-state index in [0.29, 0.717) is 20.5 Å². The van der Waals surface area contributed by atoms with E-state index in [4.69, 9.17) is 23.2 Å². The summed E-state index contributed by atoms with van der Waals surface area (Å²) in [6.07, 6.45) is 0.867. The lowest BCUT2D eigenvalue weighted by Crippen LogP contribution is -2.19. The summed E-state index contributed by atoms with van der Waals surface area (Å²) in [7, 11) is 0. The minimum atomic E-state index is -0.422. The number of aromatic nitrogens is 1. The third kappa shape index (κ3) is 4.08. The number of halogens is 2. The van der Waals surface area contributed by atoms with Gasteiger partial charge >= 0.3 is 0 Å². The lowest BCUT2D eigenvalue weighted by molar-refractivity contribution is -0.384. The lowest BCUT2D eigenvalue weighted by atomic mass is 10.1. The average Bonchev–Trinajstić information content (AvgIpc) is 3.06. The van der Waals surface area contributed by atoms with Gasteiger partial charge in [-0.25, -0.2) is 4.99 Å². The largest absolute Gasteiger partial charge is 0.314 e. The van der Waals surface area contributed by atoms with Gasteiger partial charge in [0.05, 0.1) is 15.6 Å². The van der Waals surface area contributed by atoms with E-state index in [1.807, 2.05) is 11.4 Å². The van der Waals surface area contributed by atoms with Gasteiger partial charge in [-0.05, 0) is 37.6 Å². The zero-order valence-corrected chi connectivity index (χ0v) is 17.1. The fraction of sp³-hybridized carbons (Fsp3) is 0.211. The Bertz CT molecular complexity index is 1060. The number of para-hydroxylation sites is 2. The van der Waals surface area contributed by atoms with Gasteiger partial charge in [0, 0.05) is 28.1 Å². The average molecular weight is 422 g/mol. The number of nitro groups is 1. The summed E-state index contributed by atoms with van der Waals surface area (Å²) in [5.41, 5.74) is 2.00. The Morgan fingerprint density at radius 1 is 1.26 bits per heavy atom. The predicted molar refractivity (Wildman–Crippen MR) is 111 cm³/mol. The minimum absolute atomic E-state index is 0.0241. The van der Waals surface area contributed by atoms with E-state index in [0.717, 1.165) is 17.7 Å². The first kappa shape index (κ1) is 19.6. The summed E-state index contributed by atoms with van der Waals surface area (Å²) < 4.78 is 2.05. The van der Waals surface area contributed by atoms with Gasteiger partial charge < -0.3 is 4.57 Å². The molecule has 8 heteroatoms. The standard InChI is InChI=1S/C19H17Cl2N3O2S/c1-3-12(2)23-18(14-10-13(20)8-9-15(14)21)11-27-19(23)22-16-6-4-5-7-17(16)24(25)26/h4-12H,3H2,1-2H3. The molecule has 0 aliphatic carbocycles. The van der Waals surface area contributed by atoms with Gasteiger partial charge in [0.1, 0.15) is 5.69 Å². The molecule has 0 radical (unpaired) electrons. The lowest BCUT2D eigenvalue weighted by Gasteiger charge is -2.16. The van der Waals surface area contributed by atoms with Gasteiger partial charge in [-0.15, -0.1) is 11.3 Å². The number of rotatable bonds is 5. The second kappa shape index (κ2) is 8.25. The molecule has 5 nitrogen and oxygen atoms in total. The van der Waals surface area contributed by atoms with E-state index in [9.17, 15) is 10.1 Å². The van der Waals surface area contributed by atoms with Crippen molar-refractivity contribution in [1.29, 1.82) is 0 Å². The van der Waals surface area contributed by atoms with Crippen molar-refractivity contribution >= 4 is 45.9 Å². The fourth-order valence-electron chi connectivity index (χ4n) is 2.72. The maximum atomic E-state index is 11.3. The summed E-state index contributed by atoms with van der Waals surface area (Å²) in [5, 5.41) is 14.4. The highest BCUT2D eigenvalue weighted by atomic mass is 35.5. The van der Waals surface area contributed by atoms with Gasteiger partial charge in [0.25, 0.3) is 5.69 Å². The molecule has 1 atom stereocenters. The molecule has 2 aromatic carbocycles. The van der Waals surface area contributed by atoms with Crippen molar-refractivity contribution < 1.29 is 4.92 Å². The number of nitrogens with zero attached hydrogens (tertiary/aromatic N) is 3. The molecule has 0 bridgehead atoms. The molecule has 27 heavy (non-hydrogen) atoms. The first-order chi connectivity index (χ1) is 12.9. The van der Waals surface area contributed by atoms with Crippen LogP contribution in [0.15, 0.2) is 52.8 Å². The van der Waals surface area contributed by atoms with Crippen LogP contribution < -0.4 is 4.80 Å². The molecule has 1 aromatic heterocycles. The molecule has 3 rings (SSSR count). The summed E-state index contributed by atoms with van der Waals surface area (Å²) in [6, 6.07) is 11.9. The second-order valence-corrected chi connectivity index (χ2v) is 7.69. The summed E-state index contributed by atoms with van der Waals surface area (Å²) >= 11 is 14.0. The Morgan fingerprint density at radius 2 is 2.00 bits per heavy atom. The van der Waals surface area contributed by atoms with Crippen LogP contribution in [0.2, 0.25) is 10.0 Å². The van der Waals surface area contributed by atoms with Crippen LogP contribution in [0.1, 0.15) is 26.3 Å². The molecule has 0 aliphatic rings. The van der Waals surface area contributed by atoms with Crippen LogP contribution in [0, 0.1) is 10.1 Å². The molecule has 1 heterocycles. The van der Waals surface area contributed by atoms with Crippen molar-refractivity contribution in [2.24, 2.45) is 4.99 Å². The zero-order chi connectivity index (χ0) is 19.6. The molecule has 0 amide bonds. The van der Waals surface area contributed by atoms with Crippen LogP contribution in [0.4, 0.5) is 11.4 Å². The monoisotopic (exact) mass is 421 g/mol.